The van der Waals surface area contributed by atoms with Gasteiger partial charge in [-0.25, -0.2) is 4.39 Å². The predicted octanol–water partition coefficient (Wildman–Crippen LogP) is 2.59. The molecule has 2 aromatic carbocycles. The predicted molar refractivity (Wildman–Crippen MR) is 78.7 cm³/mol. The number of hydrogen-bond donors (Lipinski definition) is 1. The van der Waals surface area contributed by atoms with Crippen LogP contribution < -0.4 is 10.6 Å². The van der Waals surface area contributed by atoms with Gasteiger partial charge in [0.25, 0.3) is 5.91 Å². The lowest BCUT2D eigenvalue weighted by Gasteiger charge is -2.21. The normalized spacial score (nSPS) is 10.2. The molecule has 108 valence electrons. The minimum atomic E-state index is -0.542. The van der Waals surface area contributed by atoms with Crippen LogP contribution in [0.15, 0.2) is 48.5 Å². The van der Waals surface area contributed by atoms with Crippen LogP contribution in [0.25, 0.3) is 0 Å². The smallest absolute Gasteiger partial charge is 0.258 e. The summed E-state index contributed by atoms with van der Waals surface area (Å²) in [6, 6.07) is 11.8. The number of primary amides is 1. The van der Waals surface area contributed by atoms with Crippen LogP contribution in [0.2, 0.25) is 0 Å². The highest BCUT2D eigenvalue weighted by Gasteiger charge is 2.16. The molecule has 0 heterocycles. The van der Waals surface area contributed by atoms with E-state index in [-0.39, 0.29) is 11.7 Å². The second kappa shape index (κ2) is 6.17. The number of benzene rings is 2. The first kappa shape index (κ1) is 14.7. The topological polar surface area (TPSA) is 63.4 Å². The van der Waals surface area contributed by atoms with E-state index in [2.05, 4.69) is 0 Å². The molecule has 0 fully saturated rings. The van der Waals surface area contributed by atoms with Crippen molar-refractivity contribution < 1.29 is 14.0 Å². The standard InChI is InChI=1S/C16H15FN2O2/c1-2-19(14-9-7-13(17)8-10-14)16(21)12-5-3-11(4-6-12)15(18)20/h3-10H,2H2,1H3,(H2,18,20). The zero-order valence-electron chi connectivity index (χ0n) is 11.5. The zero-order valence-corrected chi connectivity index (χ0v) is 11.5. The van der Waals surface area contributed by atoms with Gasteiger partial charge in [-0.2, -0.15) is 0 Å². The van der Waals surface area contributed by atoms with Gasteiger partial charge in [0.05, 0.1) is 0 Å². The molecule has 0 saturated carbocycles. The lowest BCUT2D eigenvalue weighted by atomic mass is 10.1. The molecule has 0 spiro atoms. The fourth-order valence-corrected chi connectivity index (χ4v) is 2.00. The van der Waals surface area contributed by atoms with Gasteiger partial charge in [-0.05, 0) is 55.5 Å². The van der Waals surface area contributed by atoms with Crippen LogP contribution in [0.3, 0.4) is 0 Å². The van der Waals surface area contributed by atoms with Gasteiger partial charge in [-0.1, -0.05) is 0 Å². The highest BCUT2D eigenvalue weighted by atomic mass is 19.1. The third kappa shape index (κ3) is 3.25. The van der Waals surface area contributed by atoms with Crippen molar-refractivity contribution in [3.8, 4) is 0 Å². The van der Waals surface area contributed by atoms with Gasteiger partial charge in [0.1, 0.15) is 5.82 Å². The van der Waals surface area contributed by atoms with Gasteiger partial charge in [0.2, 0.25) is 5.91 Å². The van der Waals surface area contributed by atoms with E-state index >= 15 is 0 Å². The van der Waals surface area contributed by atoms with Crippen molar-refractivity contribution >= 4 is 17.5 Å². The largest absolute Gasteiger partial charge is 0.366 e. The minimum absolute atomic E-state index is 0.222. The van der Waals surface area contributed by atoms with E-state index in [1.54, 1.807) is 24.3 Å². The number of nitrogens with zero attached hydrogens (tertiary/aromatic N) is 1. The molecule has 0 aliphatic heterocycles. The number of rotatable bonds is 4. The summed E-state index contributed by atoms with van der Waals surface area (Å²) in [5.74, 6) is -1.12. The number of anilines is 1. The summed E-state index contributed by atoms with van der Waals surface area (Å²) >= 11 is 0. The molecule has 0 aliphatic carbocycles. The maximum atomic E-state index is 13.0. The molecule has 0 aliphatic rings. The first-order valence-corrected chi connectivity index (χ1v) is 6.50. The Morgan fingerprint density at radius 2 is 1.52 bits per heavy atom. The molecule has 2 rings (SSSR count). The molecule has 0 aromatic heterocycles. The van der Waals surface area contributed by atoms with Crippen LogP contribution in [0.1, 0.15) is 27.6 Å². The van der Waals surface area contributed by atoms with Gasteiger partial charge in [0.15, 0.2) is 0 Å². The van der Waals surface area contributed by atoms with Crippen molar-refractivity contribution in [2.75, 3.05) is 11.4 Å². The van der Waals surface area contributed by atoms with Crippen LogP contribution in [0.5, 0.6) is 0 Å². The van der Waals surface area contributed by atoms with Crippen molar-refractivity contribution in [1.82, 2.24) is 0 Å². The Hall–Kier alpha value is -2.69. The Kier molecular flexibility index (Phi) is 4.33. The van der Waals surface area contributed by atoms with Crippen molar-refractivity contribution in [1.29, 1.82) is 0 Å². The van der Waals surface area contributed by atoms with E-state index in [9.17, 15) is 14.0 Å². The zero-order chi connectivity index (χ0) is 15.4. The van der Waals surface area contributed by atoms with Crippen molar-refractivity contribution in [3.05, 3.63) is 65.5 Å². The number of nitrogens with two attached hydrogens (primary N) is 1. The summed E-state index contributed by atoms with van der Waals surface area (Å²) in [4.78, 5) is 25.0. The van der Waals surface area contributed by atoms with Crippen LogP contribution in [-0.2, 0) is 0 Å². The molecule has 5 heteroatoms. The molecular formula is C16H15FN2O2. The molecule has 0 saturated heterocycles. The Morgan fingerprint density at radius 1 is 1.00 bits per heavy atom. The fraction of sp³-hybridized carbons (Fsp3) is 0.125. The van der Waals surface area contributed by atoms with Crippen molar-refractivity contribution in [3.63, 3.8) is 0 Å². The minimum Gasteiger partial charge on any atom is -0.366 e. The van der Waals surface area contributed by atoms with Crippen LogP contribution in [0.4, 0.5) is 10.1 Å². The third-order valence-electron chi connectivity index (χ3n) is 3.12. The molecule has 0 bridgehead atoms. The Labute approximate surface area is 122 Å². The second-order valence-corrected chi connectivity index (χ2v) is 4.47. The van der Waals surface area contributed by atoms with Gasteiger partial charge < -0.3 is 10.6 Å². The molecule has 21 heavy (non-hydrogen) atoms. The molecule has 2 N–H and O–H groups in total. The van der Waals surface area contributed by atoms with Crippen LogP contribution in [-0.4, -0.2) is 18.4 Å². The highest BCUT2D eigenvalue weighted by molar-refractivity contribution is 6.06. The van der Waals surface area contributed by atoms with E-state index in [0.29, 0.717) is 23.4 Å². The highest BCUT2D eigenvalue weighted by Crippen LogP contribution is 2.18. The molecule has 0 radical (unpaired) electrons. The molecule has 2 aromatic rings. The van der Waals surface area contributed by atoms with Gasteiger partial charge in [-0.15, -0.1) is 0 Å². The van der Waals surface area contributed by atoms with Crippen molar-refractivity contribution in [2.45, 2.75) is 6.92 Å². The number of halogens is 1. The van der Waals surface area contributed by atoms with Crippen LogP contribution >= 0.6 is 0 Å². The number of amides is 2. The maximum absolute atomic E-state index is 13.0. The van der Waals surface area contributed by atoms with Crippen molar-refractivity contribution in [2.24, 2.45) is 5.73 Å². The molecule has 0 unspecified atom stereocenters. The quantitative estimate of drug-likeness (QED) is 0.939. The molecule has 0 atom stereocenters. The van der Waals surface area contributed by atoms with Crippen LogP contribution in [0, 0.1) is 5.82 Å². The van der Waals surface area contributed by atoms with E-state index < -0.39 is 5.91 Å². The lowest BCUT2D eigenvalue weighted by molar-refractivity contribution is 0.0981. The number of carbonyl (C=O) groups excluding carboxylic acids is 2. The first-order chi connectivity index (χ1) is 10.0. The second-order valence-electron chi connectivity index (χ2n) is 4.47. The molecule has 4 nitrogen and oxygen atoms in total. The monoisotopic (exact) mass is 286 g/mol. The maximum Gasteiger partial charge on any atom is 0.258 e. The van der Waals surface area contributed by atoms with E-state index in [4.69, 9.17) is 5.73 Å². The van der Waals surface area contributed by atoms with E-state index in [0.717, 1.165) is 0 Å². The third-order valence-corrected chi connectivity index (χ3v) is 3.12. The average Bonchev–Trinajstić information content (AvgIpc) is 2.50. The van der Waals surface area contributed by atoms with Gasteiger partial charge >= 0.3 is 0 Å². The summed E-state index contributed by atoms with van der Waals surface area (Å²) in [6.07, 6.45) is 0. The van der Waals surface area contributed by atoms with E-state index in [1.165, 1.54) is 29.2 Å². The molecule has 2 amide bonds. The summed E-state index contributed by atoms with van der Waals surface area (Å²) in [7, 11) is 0. The summed E-state index contributed by atoms with van der Waals surface area (Å²) in [6.45, 7) is 2.28. The lowest BCUT2D eigenvalue weighted by Crippen LogP contribution is -2.30. The Morgan fingerprint density at radius 3 is 2.00 bits per heavy atom. The number of carbonyl (C=O) groups is 2. The van der Waals surface area contributed by atoms with E-state index in [1.807, 2.05) is 6.92 Å². The SMILES string of the molecule is CCN(C(=O)c1ccc(C(N)=O)cc1)c1ccc(F)cc1. The summed E-state index contributed by atoms with van der Waals surface area (Å²) in [5.41, 5.74) is 6.56. The first-order valence-electron chi connectivity index (χ1n) is 6.50. The average molecular weight is 286 g/mol. The van der Waals surface area contributed by atoms with Gasteiger partial charge in [0, 0.05) is 23.4 Å². The fourth-order valence-electron chi connectivity index (χ4n) is 2.00. The summed E-state index contributed by atoms with van der Waals surface area (Å²) in [5, 5.41) is 0. The molecular weight excluding hydrogens is 271 g/mol. The summed E-state index contributed by atoms with van der Waals surface area (Å²) < 4.78 is 13.0. The van der Waals surface area contributed by atoms with Gasteiger partial charge in [-0.3, -0.25) is 9.59 Å². The Balaban J connectivity index is 2.27. The Bertz CT molecular complexity index is 651. The number of hydrogen-bond acceptors (Lipinski definition) is 2.